The van der Waals surface area contributed by atoms with Gasteiger partial charge in [-0.05, 0) is 13.8 Å². The molecule has 1 aliphatic heterocycles. The molecule has 6 nitrogen and oxygen atoms in total. The van der Waals surface area contributed by atoms with Gasteiger partial charge in [0.25, 0.3) is 0 Å². The summed E-state index contributed by atoms with van der Waals surface area (Å²) < 4.78 is 9.68. The van der Waals surface area contributed by atoms with E-state index in [1.807, 2.05) is 0 Å². The van der Waals surface area contributed by atoms with Gasteiger partial charge in [0, 0.05) is 6.04 Å². The van der Waals surface area contributed by atoms with Crippen LogP contribution in [-0.4, -0.2) is 44.3 Å². The first-order valence-electron chi connectivity index (χ1n) is 5.14. The van der Waals surface area contributed by atoms with Crippen LogP contribution >= 0.6 is 0 Å². The highest BCUT2D eigenvalue weighted by molar-refractivity contribution is 5.88. The van der Waals surface area contributed by atoms with Gasteiger partial charge in [0.05, 0.1) is 25.7 Å². The number of rotatable bonds is 3. The number of nitrogens with two attached hydrogens (primary N) is 1. The zero-order valence-corrected chi connectivity index (χ0v) is 9.78. The second-order valence-corrected chi connectivity index (χ2v) is 4.26. The van der Waals surface area contributed by atoms with Gasteiger partial charge < -0.3 is 20.5 Å². The fraction of sp³-hybridized carbons (Fsp3) is 0.800. The first-order valence-corrected chi connectivity index (χ1v) is 5.14. The van der Waals surface area contributed by atoms with Crippen molar-refractivity contribution in [2.75, 3.05) is 20.3 Å². The molecule has 6 heteroatoms. The summed E-state index contributed by atoms with van der Waals surface area (Å²) in [4.78, 5) is 23.1. The lowest BCUT2D eigenvalue weighted by molar-refractivity contribution is -0.146. The highest BCUT2D eigenvalue weighted by atomic mass is 16.5. The third-order valence-electron chi connectivity index (χ3n) is 2.94. The molecule has 1 aliphatic rings. The molecule has 0 spiro atoms. The Morgan fingerprint density at radius 1 is 1.62 bits per heavy atom. The molecule has 0 radical (unpaired) electrons. The summed E-state index contributed by atoms with van der Waals surface area (Å²) in [6.45, 7) is 3.92. The molecule has 0 aliphatic carbocycles. The van der Waals surface area contributed by atoms with Crippen LogP contribution in [0.15, 0.2) is 0 Å². The minimum absolute atomic E-state index is 0.272. The maximum atomic E-state index is 11.9. The number of carbonyl (C=O) groups is 2. The predicted molar refractivity (Wildman–Crippen MR) is 56.5 cm³/mol. The van der Waals surface area contributed by atoms with Crippen molar-refractivity contribution >= 4 is 11.9 Å². The van der Waals surface area contributed by atoms with Gasteiger partial charge in [-0.25, -0.2) is 4.79 Å². The smallest absolute Gasteiger partial charge is 0.328 e. The van der Waals surface area contributed by atoms with Gasteiger partial charge in [-0.3, -0.25) is 4.79 Å². The van der Waals surface area contributed by atoms with Gasteiger partial charge in [-0.1, -0.05) is 0 Å². The average Bonchev–Trinajstić information content (AvgIpc) is 2.59. The van der Waals surface area contributed by atoms with E-state index in [4.69, 9.17) is 10.5 Å². The van der Waals surface area contributed by atoms with E-state index in [0.717, 1.165) is 0 Å². The number of hydrogen-bond acceptors (Lipinski definition) is 5. The average molecular weight is 230 g/mol. The number of carbonyl (C=O) groups excluding carboxylic acids is 2. The molecule has 1 fully saturated rings. The van der Waals surface area contributed by atoms with E-state index in [0.29, 0.717) is 6.61 Å². The summed E-state index contributed by atoms with van der Waals surface area (Å²) in [5, 5.41) is 2.57. The van der Waals surface area contributed by atoms with Crippen LogP contribution < -0.4 is 11.1 Å². The van der Waals surface area contributed by atoms with E-state index in [1.165, 1.54) is 7.11 Å². The molecule has 3 unspecified atom stereocenters. The quantitative estimate of drug-likeness (QED) is 0.609. The fourth-order valence-electron chi connectivity index (χ4n) is 1.52. The second kappa shape index (κ2) is 4.80. The molecule has 0 saturated carbocycles. The minimum Gasteiger partial charge on any atom is -0.467 e. The summed E-state index contributed by atoms with van der Waals surface area (Å²) in [5.74, 6) is -0.764. The van der Waals surface area contributed by atoms with Gasteiger partial charge in [0.15, 0.2) is 0 Å². The van der Waals surface area contributed by atoms with E-state index >= 15 is 0 Å². The summed E-state index contributed by atoms with van der Waals surface area (Å²) in [6.07, 6.45) is 0. The number of methoxy groups -OCH3 is 1. The number of amides is 1. The van der Waals surface area contributed by atoms with Crippen molar-refractivity contribution < 1.29 is 19.1 Å². The summed E-state index contributed by atoms with van der Waals surface area (Å²) in [5.41, 5.74) is 5.02. The Balaban J connectivity index is 2.61. The molecule has 1 amide bonds. The van der Waals surface area contributed by atoms with Crippen molar-refractivity contribution in [1.82, 2.24) is 5.32 Å². The number of hydrogen-bond donors (Lipinski definition) is 2. The summed E-state index contributed by atoms with van der Waals surface area (Å²) in [7, 11) is 1.27. The minimum atomic E-state index is -0.776. The van der Waals surface area contributed by atoms with Crippen LogP contribution in [0.2, 0.25) is 0 Å². The molecular formula is C10H18N2O4. The molecular weight excluding hydrogens is 212 g/mol. The maximum Gasteiger partial charge on any atom is 0.328 e. The molecule has 3 N–H and O–H groups in total. The van der Waals surface area contributed by atoms with E-state index in [-0.39, 0.29) is 18.6 Å². The van der Waals surface area contributed by atoms with Gasteiger partial charge >= 0.3 is 5.97 Å². The van der Waals surface area contributed by atoms with Crippen molar-refractivity contribution in [3.63, 3.8) is 0 Å². The third kappa shape index (κ3) is 2.33. The Labute approximate surface area is 94.5 Å². The first kappa shape index (κ1) is 12.9. The molecule has 92 valence electrons. The number of nitrogens with one attached hydrogen (secondary N) is 1. The van der Waals surface area contributed by atoms with E-state index < -0.39 is 17.4 Å². The Morgan fingerprint density at radius 3 is 2.69 bits per heavy atom. The van der Waals surface area contributed by atoms with Crippen LogP contribution in [0.5, 0.6) is 0 Å². The van der Waals surface area contributed by atoms with Gasteiger partial charge in [-0.2, -0.15) is 0 Å². The van der Waals surface area contributed by atoms with E-state index in [2.05, 4.69) is 10.1 Å². The molecule has 1 saturated heterocycles. The van der Waals surface area contributed by atoms with Crippen molar-refractivity contribution in [1.29, 1.82) is 0 Å². The molecule has 1 heterocycles. The third-order valence-corrected chi connectivity index (χ3v) is 2.94. The zero-order valence-electron chi connectivity index (χ0n) is 9.78. The molecule has 0 bridgehead atoms. The topological polar surface area (TPSA) is 90.6 Å². The summed E-state index contributed by atoms with van der Waals surface area (Å²) >= 11 is 0. The van der Waals surface area contributed by atoms with E-state index in [1.54, 1.807) is 13.8 Å². The number of esters is 1. The molecule has 1 rings (SSSR count). The number of ether oxygens (including phenoxy) is 2. The highest BCUT2D eigenvalue weighted by Gasteiger charge is 2.45. The van der Waals surface area contributed by atoms with E-state index in [9.17, 15) is 9.59 Å². The van der Waals surface area contributed by atoms with Crippen LogP contribution in [0.4, 0.5) is 0 Å². The fourth-order valence-corrected chi connectivity index (χ4v) is 1.52. The van der Waals surface area contributed by atoms with Gasteiger partial charge in [0.1, 0.15) is 6.04 Å². The Bertz CT molecular complexity index is 295. The van der Waals surface area contributed by atoms with Crippen LogP contribution in [0.3, 0.4) is 0 Å². The second-order valence-electron chi connectivity index (χ2n) is 4.26. The molecule has 16 heavy (non-hydrogen) atoms. The van der Waals surface area contributed by atoms with Crippen LogP contribution in [0.25, 0.3) is 0 Å². The van der Waals surface area contributed by atoms with Crippen molar-refractivity contribution in [2.24, 2.45) is 11.1 Å². The molecule has 0 aromatic heterocycles. The Morgan fingerprint density at radius 2 is 2.25 bits per heavy atom. The van der Waals surface area contributed by atoms with Crippen LogP contribution in [0, 0.1) is 5.41 Å². The van der Waals surface area contributed by atoms with Crippen molar-refractivity contribution in [3.8, 4) is 0 Å². The largest absolute Gasteiger partial charge is 0.467 e. The predicted octanol–water partition coefficient (Wildman–Crippen LogP) is -0.972. The monoisotopic (exact) mass is 230 g/mol. The van der Waals surface area contributed by atoms with Crippen molar-refractivity contribution in [3.05, 3.63) is 0 Å². The zero-order chi connectivity index (χ0) is 12.3. The molecule has 0 aromatic rings. The SMILES string of the molecule is COC(=O)C(C)NC(=O)C1(C)COCC1N. The first-order chi connectivity index (χ1) is 7.41. The standard InChI is InChI=1S/C10H18N2O4/c1-6(8(13)15-3)12-9(14)10(2)5-16-4-7(10)11/h6-7H,4-5,11H2,1-3H3,(H,12,14). The van der Waals surface area contributed by atoms with Gasteiger partial charge in [-0.15, -0.1) is 0 Å². The lowest BCUT2D eigenvalue weighted by Gasteiger charge is -2.26. The van der Waals surface area contributed by atoms with Gasteiger partial charge in [0.2, 0.25) is 5.91 Å². The van der Waals surface area contributed by atoms with Crippen LogP contribution in [-0.2, 0) is 19.1 Å². The lowest BCUT2D eigenvalue weighted by Crippen LogP contribution is -2.53. The maximum absolute atomic E-state index is 11.9. The molecule has 3 atom stereocenters. The Hall–Kier alpha value is -1.14. The molecule has 0 aromatic carbocycles. The normalized spacial score (nSPS) is 30.9. The summed E-state index contributed by atoms with van der Waals surface area (Å²) in [6, 6.07) is -1.03. The highest BCUT2D eigenvalue weighted by Crippen LogP contribution is 2.27. The van der Waals surface area contributed by atoms with Crippen molar-refractivity contribution in [2.45, 2.75) is 25.9 Å². The van der Waals surface area contributed by atoms with Crippen LogP contribution in [0.1, 0.15) is 13.8 Å². The lowest BCUT2D eigenvalue weighted by atomic mass is 9.84. The Kier molecular flexibility index (Phi) is 3.88.